The number of halogens is 1. The van der Waals surface area contributed by atoms with Crippen molar-refractivity contribution in [2.24, 2.45) is 11.8 Å². The third kappa shape index (κ3) is 3.24. The zero-order valence-corrected chi connectivity index (χ0v) is 16.1. The summed E-state index contributed by atoms with van der Waals surface area (Å²) in [5.74, 6) is 1.52. The third-order valence-corrected chi connectivity index (χ3v) is 5.97. The fourth-order valence-electron chi connectivity index (χ4n) is 4.15. The van der Waals surface area contributed by atoms with E-state index in [0.29, 0.717) is 17.4 Å². The molecule has 1 unspecified atom stereocenters. The van der Waals surface area contributed by atoms with Gasteiger partial charge in [-0.3, -0.25) is 4.98 Å². The molecule has 2 aliphatic rings. The van der Waals surface area contributed by atoms with Crippen LogP contribution in [0.1, 0.15) is 25.5 Å². The number of nitrogens with one attached hydrogen (secondary N) is 1. The van der Waals surface area contributed by atoms with Crippen LogP contribution in [0.2, 0.25) is 0 Å². The Hall–Kier alpha value is -2.54. The second kappa shape index (κ2) is 7.13. The molecule has 3 aromatic rings. The van der Waals surface area contributed by atoms with E-state index in [-0.39, 0.29) is 5.82 Å². The number of rotatable bonds is 5. The Kier molecular flexibility index (Phi) is 4.47. The zero-order valence-electron chi connectivity index (χ0n) is 16.1. The molecule has 2 fully saturated rings. The topological polar surface area (TPSA) is 58.4 Å². The van der Waals surface area contributed by atoms with Crippen LogP contribution in [0.25, 0.3) is 16.8 Å². The molecule has 0 spiro atoms. The molecule has 7 heteroatoms. The summed E-state index contributed by atoms with van der Waals surface area (Å²) in [6.45, 7) is 5.48. The van der Waals surface area contributed by atoms with Crippen molar-refractivity contribution in [1.29, 1.82) is 0 Å². The summed E-state index contributed by atoms with van der Waals surface area (Å²) < 4.78 is 16.2. The van der Waals surface area contributed by atoms with Crippen LogP contribution in [0.4, 0.5) is 10.2 Å². The first-order valence-corrected chi connectivity index (χ1v) is 10.1. The minimum Gasteiger partial charge on any atom is -0.352 e. The number of fused-ring (bicyclic) bond motifs is 1. The van der Waals surface area contributed by atoms with Crippen molar-refractivity contribution in [2.75, 3.05) is 31.1 Å². The molecule has 0 bridgehead atoms. The molecule has 1 aliphatic carbocycles. The second-order valence-electron chi connectivity index (χ2n) is 7.99. The molecule has 1 atom stereocenters. The quantitative estimate of drug-likeness (QED) is 0.738. The van der Waals surface area contributed by atoms with Gasteiger partial charge in [0.15, 0.2) is 17.3 Å². The lowest BCUT2D eigenvalue weighted by Gasteiger charge is -2.28. The van der Waals surface area contributed by atoms with Crippen molar-refractivity contribution < 1.29 is 4.39 Å². The van der Waals surface area contributed by atoms with E-state index >= 15 is 0 Å². The summed E-state index contributed by atoms with van der Waals surface area (Å²) in [4.78, 5) is 11.4. The van der Waals surface area contributed by atoms with E-state index < -0.39 is 0 Å². The Balaban J connectivity index is 1.56. The van der Waals surface area contributed by atoms with Crippen molar-refractivity contribution in [2.45, 2.75) is 26.2 Å². The van der Waals surface area contributed by atoms with Gasteiger partial charge in [0.1, 0.15) is 0 Å². The van der Waals surface area contributed by atoms with E-state index in [1.165, 1.54) is 23.6 Å². The summed E-state index contributed by atoms with van der Waals surface area (Å²) in [7, 11) is 0. The van der Waals surface area contributed by atoms with Crippen molar-refractivity contribution >= 4 is 11.5 Å². The monoisotopic (exact) mass is 380 g/mol. The summed E-state index contributed by atoms with van der Waals surface area (Å²) in [6.07, 6.45) is 8.68. The predicted octanol–water partition coefficient (Wildman–Crippen LogP) is 2.93. The number of pyridine rings is 1. The van der Waals surface area contributed by atoms with Crippen LogP contribution in [0.3, 0.4) is 0 Å². The first-order chi connectivity index (χ1) is 13.7. The SMILES string of the molecule is CC(Cc1ncccc1-c1cnn2cc(F)c(N3CCNCC3)nc12)C1CC1. The summed E-state index contributed by atoms with van der Waals surface area (Å²) in [5, 5.41) is 7.66. The first kappa shape index (κ1) is 17.6. The highest BCUT2D eigenvalue weighted by Gasteiger charge is 2.29. The van der Waals surface area contributed by atoms with Crippen molar-refractivity contribution in [1.82, 2.24) is 24.9 Å². The standard InChI is InChI=1S/C21H25FN6/c1-14(15-4-5-15)11-19-16(3-2-6-24-19)17-12-25-28-13-18(22)21(26-20(17)28)27-9-7-23-8-10-27/h2-3,6,12-15,23H,4-5,7-11H2,1H3. The maximum Gasteiger partial charge on any atom is 0.184 e. The highest BCUT2D eigenvalue weighted by molar-refractivity contribution is 5.79. The minimum atomic E-state index is -0.335. The second-order valence-corrected chi connectivity index (χ2v) is 7.99. The molecule has 0 amide bonds. The lowest BCUT2D eigenvalue weighted by molar-refractivity contribution is 0.501. The van der Waals surface area contributed by atoms with Gasteiger partial charge >= 0.3 is 0 Å². The van der Waals surface area contributed by atoms with Gasteiger partial charge in [0.05, 0.1) is 12.4 Å². The molecule has 5 rings (SSSR count). The van der Waals surface area contributed by atoms with Gasteiger partial charge < -0.3 is 10.2 Å². The molecule has 146 valence electrons. The smallest absolute Gasteiger partial charge is 0.184 e. The fourth-order valence-corrected chi connectivity index (χ4v) is 4.15. The largest absolute Gasteiger partial charge is 0.352 e. The van der Waals surface area contributed by atoms with E-state index in [1.807, 2.05) is 17.2 Å². The average molecular weight is 380 g/mol. The molecule has 1 saturated carbocycles. The molecule has 0 aromatic carbocycles. The summed E-state index contributed by atoms with van der Waals surface area (Å²) in [6, 6.07) is 4.03. The normalized spacial score (nSPS) is 18.6. The average Bonchev–Trinajstić information content (AvgIpc) is 3.50. The van der Waals surface area contributed by atoms with E-state index in [4.69, 9.17) is 4.98 Å². The van der Waals surface area contributed by atoms with Crippen molar-refractivity contribution in [3.63, 3.8) is 0 Å². The number of nitrogens with zero attached hydrogens (tertiary/aromatic N) is 5. The van der Waals surface area contributed by atoms with Gasteiger partial charge in [-0.1, -0.05) is 13.0 Å². The van der Waals surface area contributed by atoms with Crippen molar-refractivity contribution in [3.8, 4) is 11.1 Å². The summed E-state index contributed by atoms with van der Waals surface area (Å²) >= 11 is 0. The highest BCUT2D eigenvalue weighted by atomic mass is 19.1. The Bertz CT molecular complexity index is 990. The molecular formula is C21H25FN6. The molecule has 1 N–H and O–H groups in total. The molecule has 1 aliphatic heterocycles. The molecule has 6 nitrogen and oxygen atoms in total. The number of piperazine rings is 1. The predicted molar refractivity (Wildman–Crippen MR) is 107 cm³/mol. The minimum absolute atomic E-state index is 0.335. The summed E-state index contributed by atoms with van der Waals surface area (Å²) in [5.41, 5.74) is 3.73. The van der Waals surface area contributed by atoms with Crippen LogP contribution in [0.5, 0.6) is 0 Å². The van der Waals surface area contributed by atoms with Gasteiger partial charge in [-0.15, -0.1) is 0 Å². The number of hydrogen-bond donors (Lipinski definition) is 1. The van der Waals surface area contributed by atoms with E-state index in [0.717, 1.165) is 55.3 Å². The van der Waals surface area contributed by atoms with Crippen LogP contribution in [-0.2, 0) is 6.42 Å². The van der Waals surface area contributed by atoms with Gasteiger partial charge in [0.25, 0.3) is 0 Å². The van der Waals surface area contributed by atoms with Crippen LogP contribution < -0.4 is 10.2 Å². The molecular weight excluding hydrogens is 355 g/mol. The fraction of sp³-hybridized carbons (Fsp3) is 0.476. The molecule has 0 radical (unpaired) electrons. The third-order valence-electron chi connectivity index (χ3n) is 5.97. The number of aromatic nitrogens is 4. The van der Waals surface area contributed by atoms with Gasteiger partial charge in [-0.25, -0.2) is 13.9 Å². The van der Waals surface area contributed by atoms with Crippen LogP contribution >= 0.6 is 0 Å². The lowest BCUT2D eigenvalue weighted by Crippen LogP contribution is -2.44. The Morgan fingerprint density at radius 1 is 1.25 bits per heavy atom. The lowest BCUT2D eigenvalue weighted by atomic mass is 9.95. The van der Waals surface area contributed by atoms with Gasteiger partial charge in [-0.2, -0.15) is 5.10 Å². The highest BCUT2D eigenvalue weighted by Crippen LogP contribution is 2.39. The Morgan fingerprint density at radius 3 is 2.86 bits per heavy atom. The van der Waals surface area contributed by atoms with Crippen LogP contribution in [0, 0.1) is 17.7 Å². The Morgan fingerprint density at radius 2 is 2.07 bits per heavy atom. The van der Waals surface area contributed by atoms with Crippen molar-refractivity contribution in [3.05, 3.63) is 42.2 Å². The van der Waals surface area contributed by atoms with E-state index in [9.17, 15) is 4.39 Å². The number of anilines is 1. The van der Waals surface area contributed by atoms with Gasteiger partial charge in [0.2, 0.25) is 0 Å². The first-order valence-electron chi connectivity index (χ1n) is 10.1. The Labute approximate surface area is 163 Å². The zero-order chi connectivity index (χ0) is 19.1. The van der Waals surface area contributed by atoms with Gasteiger partial charge in [0, 0.05) is 49.2 Å². The van der Waals surface area contributed by atoms with E-state index in [2.05, 4.69) is 28.4 Å². The number of hydrogen-bond acceptors (Lipinski definition) is 5. The van der Waals surface area contributed by atoms with Crippen LogP contribution in [-0.4, -0.2) is 45.8 Å². The molecule has 3 aromatic heterocycles. The van der Waals surface area contributed by atoms with E-state index in [1.54, 1.807) is 6.20 Å². The molecule has 28 heavy (non-hydrogen) atoms. The maximum absolute atomic E-state index is 14.7. The van der Waals surface area contributed by atoms with Crippen LogP contribution in [0.15, 0.2) is 30.7 Å². The molecule has 1 saturated heterocycles. The molecule has 4 heterocycles. The maximum atomic E-state index is 14.7. The van der Waals surface area contributed by atoms with Gasteiger partial charge in [-0.05, 0) is 37.2 Å².